The molecule has 20 heavy (non-hydrogen) atoms. The molecule has 1 aromatic rings. The van der Waals surface area contributed by atoms with Crippen LogP contribution in [0.15, 0.2) is 30.3 Å². The van der Waals surface area contributed by atoms with E-state index in [1.165, 1.54) is 5.56 Å². The van der Waals surface area contributed by atoms with Gasteiger partial charge >= 0.3 is 0 Å². The lowest BCUT2D eigenvalue weighted by Gasteiger charge is -2.38. The maximum absolute atomic E-state index is 11.6. The van der Waals surface area contributed by atoms with Crippen molar-refractivity contribution in [3.05, 3.63) is 35.9 Å². The molecule has 1 atom stereocenters. The number of hydrogen-bond acceptors (Lipinski definition) is 2. The van der Waals surface area contributed by atoms with E-state index in [1.807, 2.05) is 18.2 Å². The van der Waals surface area contributed by atoms with Gasteiger partial charge < -0.3 is 10.2 Å². The second-order valence-electron chi connectivity index (χ2n) is 4.94. The van der Waals surface area contributed by atoms with E-state index in [0.717, 1.165) is 26.1 Å². The van der Waals surface area contributed by atoms with Crippen LogP contribution in [0.3, 0.4) is 0 Å². The number of halogens is 1. The molecule has 0 heterocycles. The summed E-state index contributed by atoms with van der Waals surface area (Å²) < 4.78 is 0. The highest BCUT2D eigenvalue weighted by Gasteiger charge is 2.32. The molecule has 0 bridgehead atoms. The van der Waals surface area contributed by atoms with Crippen LogP contribution in [0, 0.1) is 0 Å². The number of nitrogens with zero attached hydrogens (tertiary/aromatic N) is 1. The van der Waals surface area contributed by atoms with Crippen LogP contribution in [0.25, 0.3) is 0 Å². The fraction of sp³-hybridized carbons (Fsp3) is 0.562. The molecule has 0 saturated carbocycles. The van der Waals surface area contributed by atoms with Gasteiger partial charge in [-0.2, -0.15) is 0 Å². The molecule has 0 saturated heterocycles. The third kappa shape index (κ3) is 4.80. The summed E-state index contributed by atoms with van der Waals surface area (Å²) in [6, 6.07) is 10.3. The van der Waals surface area contributed by atoms with Gasteiger partial charge in [0, 0.05) is 13.5 Å². The van der Waals surface area contributed by atoms with Crippen molar-refractivity contribution in [1.82, 2.24) is 10.2 Å². The lowest BCUT2D eigenvalue weighted by Crippen LogP contribution is -2.52. The van der Waals surface area contributed by atoms with Crippen LogP contribution in [0.5, 0.6) is 0 Å². The number of amides is 1. The normalized spacial score (nSPS) is 13.4. The predicted molar refractivity (Wildman–Crippen MR) is 87.3 cm³/mol. The van der Waals surface area contributed by atoms with E-state index in [-0.39, 0.29) is 23.9 Å². The highest BCUT2D eigenvalue weighted by molar-refractivity contribution is 5.85. The first-order valence-corrected chi connectivity index (χ1v) is 7.14. The minimum atomic E-state index is -0.293. The summed E-state index contributed by atoms with van der Waals surface area (Å²) in [4.78, 5) is 14.0. The Bertz CT molecular complexity index is 393. The Morgan fingerprint density at radius 3 is 2.10 bits per heavy atom. The van der Waals surface area contributed by atoms with Crippen molar-refractivity contribution in [2.24, 2.45) is 0 Å². The van der Waals surface area contributed by atoms with Crippen molar-refractivity contribution in [2.45, 2.75) is 39.7 Å². The summed E-state index contributed by atoms with van der Waals surface area (Å²) in [6.45, 7) is 10.9. The molecule has 0 aliphatic rings. The first kappa shape index (κ1) is 18.9. The zero-order valence-corrected chi connectivity index (χ0v) is 13.8. The summed E-state index contributed by atoms with van der Waals surface area (Å²) in [5.41, 5.74) is 0.888. The van der Waals surface area contributed by atoms with Crippen molar-refractivity contribution in [2.75, 3.05) is 19.6 Å². The smallest absolute Gasteiger partial charge is 0.217 e. The lowest BCUT2D eigenvalue weighted by molar-refractivity contribution is -0.121. The molecule has 1 unspecified atom stereocenters. The van der Waals surface area contributed by atoms with Crippen LogP contribution in [0.1, 0.15) is 39.7 Å². The van der Waals surface area contributed by atoms with Gasteiger partial charge in [0.2, 0.25) is 5.91 Å². The molecular formula is C16H27ClN2O. The van der Waals surface area contributed by atoms with E-state index >= 15 is 0 Å². The van der Waals surface area contributed by atoms with Gasteiger partial charge in [-0.05, 0) is 25.1 Å². The molecule has 3 nitrogen and oxygen atoms in total. The number of carbonyl (C=O) groups excluding carboxylic acids is 1. The summed E-state index contributed by atoms with van der Waals surface area (Å²) in [5, 5.41) is 3.18. The highest BCUT2D eigenvalue weighted by Crippen LogP contribution is 2.26. The maximum atomic E-state index is 11.6. The molecule has 1 aromatic carbocycles. The molecule has 0 aliphatic carbocycles. The van der Waals surface area contributed by atoms with Crippen molar-refractivity contribution in [1.29, 1.82) is 0 Å². The van der Waals surface area contributed by atoms with Gasteiger partial charge in [0.25, 0.3) is 0 Å². The molecule has 1 N–H and O–H groups in total. The van der Waals surface area contributed by atoms with E-state index in [1.54, 1.807) is 6.92 Å². The fourth-order valence-corrected chi connectivity index (χ4v) is 2.53. The highest BCUT2D eigenvalue weighted by atomic mass is 35.5. The molecule has 0 aliphatic heterocycles. The molecule has 0 fully saturated rings. The van der Waals surface area contributed by atoms with Crippen molar-refractivity contribution >= 4 is 18.3 Å². The lowest BCUT2D eigenvalue weighted by atomic mass is 9.86. The predicted octanol–water partition coefficient (Wildman–Crippen LogP) is 3.19. The monoisotopic (exact) mass is 298 g/mol. The molecular weight excluding hydrogens is 272 g/mol. The summed E-state index contributed by atoms with van der Waals surface area (Å²) in [5.74, 6) is 0.0258. The van der Waals surface area contributed by atoms with E-state index in [2.05, 4.69) is 43.1 Å². The number of hydrogen-bond donors (Lipinski definition) is 1. The number of rotatable bonds is 7. The van der Waals surface area contributed by atoms with Gasteiger partial charge in [0.15, 0.2) is 0 Å². The Hall–Kier alpha value is -1.06. The van der Waals surface area contributed by atoms with E-state index in [9.17, 15) is 4.79 Å². The number of nitrogens with one attached hydrogen (secondary N) is 1. The quantitative estimate of drug-likeness (QED) is 0.838. The Kier molecular flexibility index (Phi) is 8.51. The van der Waals surface area contributed by atoms with Crippen molar-refractivity contribution < 1.29 is 4.79 Å². The van der Waals surface area contributed by atoms with Crippen LogP contribution in [-0.2, 0) is 10.3 Å². The average molecular weight is 299 g/mol. The first-order chi connectivity index (χ1) is 9.07. The van der Waals surface area contributed by atoms with Gasteiger partial charge in [0.1, 0.15) is 0 Å². The first-order valence-electron chi connectivity index (χ1n) is 7.14. The Labute approximate surface area is 129 Å². The topological polar surface area (TPSA) is 32.3 Å². The molecule has 1 amide bonds. The van der Waals surface area contributed by atoms with Crippen molar-refractivity contribution in [3.8, 4) is 0 Å². The largest absolute Gasteiger partial charge is 0.346 e. The fourth-order valence-electron chi connectivity index (χ4n) is 2.53. The van der Waals surface area contributed by atoms with Gasteiger partial charge in [-0.15, -0.1) is 12.4 Å². The average Bonchev–Trinajstić information content (AvgIpc) is 2.44. The molecule has 1 rings (SSSR count). The number of likely N-dealkylation sites (N-methyl/N-ethyl adjacent to an activating group) is 1. The molecule has 0 radical (unpaired) electrons. The SMILES string of the molecule is CCN(CC)CC(CC)(NC(C)=O)c1ccccc1.Cl. The van der Waals surface area contributed by atoms with Crippen LogP contribution >= 0.6 is 12.4 Å². The zero-order chi connectivity index (χ0) is 14.3. The van der Waals surface area contributed by atoms with Crippen LogP contribution in [-0.4, -0.2) is 30.4 Å². The van der Waals surface area contributed by atoms with Crippen molar-refractivity contribution in [3.63, 3.8) is 0 Å². The van der Waals surface area contributed by atoms with Crippen LogP contribution in [0.2, 0.25) is 0 Å². The standard InChI is InChI=1S/C16H26N2O.ClH/c1-5-16(17-14(4)19,13-18(6-2)7-3)15-11-9-8-10-12-15;/h8-12H,5-7,13H2,1-4H3,(H,17,19);1H. The van der Waals surface area contributed by atoms with Crippen LogP contribution < -0.4 is 5.32 Å². The zero-order valence-electron chi connectivity index (χ0n) is 13.0. The van der Waals surface area contributed by atoms with Gasteiger partial charge in [-0.3, -0.25) is 4.79 Å². The van der Waals surface area contributed by atoms with E-state index in [4.69, 9.17) is 0 Å². The van der Waals surface area contributed by atoms with E-state index in [0.29, 0.717) is 0 Å². The van der Waals surface area contributed by atoms with Crippen LogP contribution in [0.4, 0.5) is 0 Å². The molecule has 114 valence electrons. The van der Waals surface area contributed by atoms with Gasteiger partial charge in [-0.25, -0.2) is 0 Å². The summed E-state index contributed by atoms with van der Waals surface area (Å²) in [6.07, 6.45) is 0.882. The Morgan fingerprint density at radius 1 is 1.15 bits per heavy atom. The summed E-state index contributed by atoms with van der Waals surface area (Å²) >= 11 is 0. The number of benzene rings is 1. The van der Waals surface area contributed by atoms with Gasteiger partial charge in [-0.1, -0.05) is 51.1 Å². The second-order valence-corrected chi connectivity index (χ2v) is 4.94. The molecule has 4 heteroatoms. The minimum Gasteiger partial charge on any atom is -0.346 e. The summed E-state index contributed by atoms with van der Waals surface area (Å²) in [7, 11) is 0. The van der Waals surface area contributed by atoms with E-state index < -0.39 is 0 Å². The molecule has 0 aromatic heterocycles. The third-order valence-corrected chi connectivity index (χ3v) is 3.73. The Balaban J connectivity index is 0.00000361. The minimum absolute atomic E-state index is 0. The maximum Gasteiger partial charge on any atom is 0.217 e. The number of carbonyl (C=O) groups is 1. The second kappa shape index (κ2) is 8.98. The van der Waals surface area contributed by atoms with Gasteiger partial charge in [0.05, 0.1) is 5.54 Å². The Morgan fingerprint density at radius 2 is 1.70 bits per heavy atom. The third-order valence-electron chi connectivity index (χ3n) is 3.73. The molecule has 0 spiro atoms.